The molecule has 0 saturated heterocycles. The van der Waals surface area contributed by atoms with Gasteiger partial charge in [-0.3, -0.25) is 18.6 Å². The van der Waals surface area contributed by atoms with Crippen molar-refractivity contribution in [3.05, 3.63) is 82.4 Å². The number of rotatable bonds is 7. The molecule has 2 heterocycles. The highest BCUT2D eigenvalue weighted by atomic mass is 32.2. The molecule has 0 bridgehead atoms. The molecule has 4 rings (SSSR count). The topological polar surface area (TPSA) is 90.5 Å². The van der Waals surface area contributed by atoms with Gasteiger partial charge >= 0.3 is 5.56 Å². The first-order chi connectivity index (χ1) is 15.0. The van der Waals surface area contributed by atoms with Gasteiger partial charge in [0, 0.05) is 24.6 Å². The van der Waals surface area contributed by atoms with E-state index in [4.69, 9.17) is 4.74 Å². The smallest absolute Gasteiger partial charge is 0.300 e. The first kappa shape index (κ1) is 20.7. The summed E-state index contributed by atoms with van der Waals surface area (Å²) >= 11 is 1.23. The number of carbonyl (C=O) groups is 1. The lowest BCUT2D eigenvalue weighted by Gasteiger charge is -2.07. The lowest BCUT2D eigenvalue weighted by Crippen LogP contribution is -2.24. The van der Waals surface area contributed by atoms with E-state index in [-0.39, 0.29) is 22.9 Å². The van der Waals surface area contributed by atoms with E-state index >= 15 is 0 Å². The van der Waals surface area contributed by atoms with Gasteiger partial charge in [-0.15, -0.1) is 10.2 Å². The fourth-order valence-electron chi connectivity index (χ4n) is 3.00. The Morgan fingerprint density at radius 3 is 2.52 bits per heavy atom. The number of nitrogens with zero attached hydrogens (tertiary/aromatic N) is 4. The van der Waals surface area contributed by atoms with Gasteiger partial charge in [-0.05, 0) is 36.8 Å². The molecule has 158 valence electrons. The molecule has 0 atom stereocenters. The van der Waals surface area contributed by atoms with Crippen molar-refractivity contribution in [2.24, 2.45) is 0 Å². The number of benzene rings is 2. The minimum atomic E-state index is -0.296. The van der Waals surface area contributed by atoms with Crippen molar-refractivity contribution in [3.63, 3.8) is 0 Å². The lowest BCUT2D eigenvalue weighted by molar-refractivity contribution is -0.118. The molecule has 1 amide bonds. The van der Waals surface area contributed by atoms with Gasteiger partial charge in [0.2, 0.25) is 11.6 Å². The van der Waals surface area contributed by atoms with Crippen molar-refractivity contribution in [2.75, 3.05) is 12.9 Å². The number of hydrogen-bond donors (Lipinski definition) is 1. The van der Waals surface area contributed by atoms with Crippen LogP contribution in [0.2, 0.25) is 0 Å². The molecule has 0 saturated carbocycles. The SMILES string of the molecule is COc1ccc(-n2ccn3c(SCC(=O)NCc4ccc(C)cc4)nnc3c2=O)cc1. The Morgan fingerprint density at radius 2 is 1.81 bits per heavy atom. The van der Waals surface area contributed by atoms with E-state index in [1.54, 1.807) is 48.2 Å². The van der Waals surface area contributed by atoms with Crippen molar-refractivity contribution >= 4 is 23.3 Å². The maximum absolute atomic E-state index is 12.8. The zero-order valence-electron chi connectivity index (χ0n) is 17.1. The van der Waals surface area contributed by atoms with Crippen molar-refractivity contribution in [1.82, 2.24) is 24.5 Å². The van der Waals surface area contributed by atoms with Crippen LogP contribution in [-0.2, 0) is 11.3 Å². The first-order valence-corrected chi connectivity index (χ1v) is 10.6. The van der Waals surface area contributed by atoms with Gasteiger partial charge in [-0.2, -0.15) is 0 Å². The number of aromatic nitrogens is 4. The third kappa shape index (κ3) is 4.61. The summed E-state index contributed by atoms with van der Waals surface area (Å²) in [5, 5.41) is 11.5. The molecule has 4 aromatic rings. The molecule has 0 aliphatic heterocycles. The van der Waals surface area contributed by atoms with E-state index in [1.165, 1.54) is 21.9 Å². The number of carbonyl (C=O) groups excluding carboxylic acids is 1. The maximum Gasteiger partial charge on any atom is 0.300 e. The van der Waals surface area contributed by atoms with E-state index in [1.807, 2.05) is 31.2 Å². The Bertz CT molecular complexity index is 1260. The lowest BCUT2D eigenvalue weighted by atomic mass is 10.1. The second kappa shape index (κ2) is 9.05. The highest BCUT2D eigenvalue weighted by Crippen LogP contribution is 2.17. The molecule has 2 aromatic heterocycles. The van der Waals surface area contributed by atoms with Crippen LogP contribution in [0.15, 0.2) is 70.9 Å². The molecule has 8 nitrogen and oxygen atoms in total. The van der Waals surface area contributed by atoms with Crippen LogP contribution in [0.5, 0.6) is 5.75 Å². The van der Waals surface area contributed by atoms with E-state index < -0.39 is 0 Å². The van der Waals surface area contributed by atoms with Crippen LogP contribution in [-0.4, -0.2) is 37.9 Å². The second-order valence-electron chi connectivity index (χ2n) is 6.90. The molecule has 0 fully saturated rings. The summed E-state index contributed by atoms with van der Waals surface area (Å²) in [6, 6.07) is 15.2. The standard InChI is InChI=1S/C22H21N5O3S/c1-15-3-5-16(6-4-15)13-23-19(28)14-31-22-25-24-20-21(29)26(11-12-27(20)22)17-7-9-18(30-2)10-8-17/h3-12H,13-14H2,1-2H3,(H,23,28). The van der Waals surface area contributed by atoms with Crippen LogP contribution < -0.4 is 15.6 Å². The third-order valence-electron chi connectivity index (χ3n) is 4.73. The van der Waals surface area contributed by atoms with Gasteiger partial charge in [0.1, 0.15) is 5.75 Å². The van der Waals surface area contributed by atoms with Gasteiger partial charge < -0.3 is 10.1 Å². The predicted molar refractivity (Wildman–Crippen MR) is 119 cm³/mol. The summed E-state index contributed by atoms with van der Waals surface area (Å²) in [4.78, 5) is 25.0. The van der Waals surface area contributed by atoms with Crippen LogP contribution in [0, 0.1) is 6.92 Å². The van der Waals surface area contributed by atoms with Gasteiger partial charge in [-0.25, -0.2) is 0 Å². The Labute approximate surface area is 182 Å². The van der Waals surface area contributed by atoms with Crippen LogP contribution in [0.4, 0.5) is 0 Å². The normalized spacial score (nSPS) is 10.9. The molecule has 0 spiro atoms. The zero-order chi connectivity index (χ0) is 21.8. The van der Waals surface area contributed by atoms with E-state index in [2.05, 4.69) is 15.5 Å². The van der Waals surface area contributed by atoms with Gasteiger partial charge in [0.15, 0.2) is 5.16 Å². The number of methoxy groups -OCH3 is 1. The number of thioether (sulfide) groups is 1. The van der Waals surface area contributed by atoms with Gasteiger partial charge in [0.25, 0.3) is 0 Å². The van der Waals surface area contributed by atoms with Crippen molar-refractivity contribution < 1.29 is 9.53 Å². The number of aryl methyl sites for hydroxylation is 1. The number of amides is 1. The molecule has 0 radical (unpaired) electrons. The number of nitrogens with one attached hydrogen (secondary N) is 1. The minimum Gasteiger partial charge on any atom is -0.497 e. The van der Waals surface area contributed by atoms with Crippen LogP contribution in [0.25, 0.3) is 11.3 Å². The average Bonchev–Trinajstić information content (AvgIpc) is 3.21. The van der Waals surface area contributed by atoms with E-state index in [0.29, 0.717) is 23.1 Å². The Hall–Kier alpha value is -3.59. The molecule has 0 unspecified atom stereocenters. The minimum absolute atomic E-state index is 0.117. The Morgan fingerprint density at radius 1 is 1.06 bits per heavy atom. The predicted octanol–water partition coefficient (Wildman–Crippen LogP) is 2.61. The highest BCUT2D eigenvalue weighted by Gasteiger charge is 2.13. The van der Waals surface area contributed by atoms with Crippen LogP contribution >= 0.6 is 11.8 Å². The van der Waals surface area contributed by atoms with Crippen molar-refractivity contribution in [2.45, 2.75) is 18.6 Å². The molecule has 1 N–H and O–H groups in total. The Kier molecular flexibility index (Phi) is 6.03. The van der Waals surface area contributed by atoms with Crippen LogP contribution in [0.1, 0.15) is 11.1 Å². The quantitative estimate of drug-likeness (QED) is 0.449. The third-order valence-corrected chi connectivity index (χ3v) is 5.68. The fraction of sp³-hybridized carbons (Fsp3) is 0.182. The maximum atomic E-state index is 12.8. The van der Waals surface area contributed by atoms with Crippen molar-refractivity contribution in [1.29, 1.82) is 0 Å². The Balaban J connectivity index is 1.44. The fourth-order valence-corrected chi connectivity index (χ4v) is 3.75. The highest BCUT2D eigenvalue weighted by molar-refractivity contribution is 7.99. The first-order valence-electron chi connectivity index (χ1n) is 9.61. The van der Waals surface area contributed by atoms with Gasteiger partial charge in [0.05, 0.1) is 12.9 Å². The van der Waals surface area contributed by atoms with Crippen LogP contribution in [0.3, 0.4) is 0 Å². The largest absolute Gasteiger partial charge is 0.497 e. The molecular weight excluding hydrogens is 414 g/mol. The summed E-state index contributed by atoms with van der Waals surface area (Å²) in [7, 11) is 1.59. The van der Waals surface area contributed by atoms with E-state index in [0.717, 1.165) is 5.56 Å². The van der Waals surface area contributed by atoms with Gasteiger partial charge in [-0.1, -0.05) is 41.6 Å². The summed E-state index contributed by atoms with van der Waals surface area (Å²) in [6.45, 7) is 2.49. The summed E-state index contributed by atoms with van der Waals surface area (Å²) in [5.74, 6) is 0.766. The number of ether oxygens (including phenoxy) is 1. The molecule has 31 heavy (non-hydrogen) atoms. The van der Waals surface area contributed by atoms with E-state index in [9.17, 15) is 9.59 Å². The second-order valence-corrected chi connectivity index (χ2v) is 7.84. The molecule has 9 heteroatoms. The summed E-state index contributed by atoms with van der Waals surface area (Å²) in [6.07, 6.45) is 3.37. The monoisotopic (exact) mass is 435 g/mol. The molecule has 0 aliphatic rings. The molecular formula is C22H21N5O3S. The number of hydrogen-bond acceptors (Lipinski definition) is 6. The number of fused-ring (bicyclic) bond motifs is 1. The summed E-state index contributed by atoms with van der Waals surface area (Å²) < 4.78 is 8.24. The molecule has 0 aliphatic carbocycles. The van der Waals surface area contributed by atoms with Crippen molar-refractivity contribution in [3.8, 4) is 11.4 Å². The average molecular weight is 436 g/mol. The summed E-state index contributed by atoms with van der Waals surface area (Å²) in [5.41, 5.74) is 2.81. The molecule has 2 aromatic carbocycles. The zero-order valence-corrected chi connectivity index (χ0v) is 17.9.